The number of nitro groups is 1. The van der Waals surface area contributed by atoms with Gasteiger partial charge in [0.15, 0.2) is 0 Å². The maximum atomic E-state index is 13.7. The third-order valence-corrected chi connectivity index (χ3v) is 4.98. The Balaban J connectivity index is 2.43. The van der Waals surface area contributed by atoms with Crippen molar-refractivity contribution in [3.8, 4) is 0 Å². The van der Waals surface area contributed by atoms with Gasteiger partial charge in [-0.2, -0.15) is 4.31 Å². The topological polar surface area (TPSA) is 101 Å². The fraction of sp³-hybridized carbons (Fsp3) is 0.455. The largest absolute Gasteiger partial charge is 0.392 e. The van der Waals surface area contributed by atoms with Gasteiger partial charge in [-0.1, -0.05) is 0 Å². The third-order valence-electron chi connectivity index (χ3n) is 3.10. The zero-order valence-electron chi connectivity index (χ0n) is 10.4. The van der Waals surface area contributed by atoms with E-state index in [9.17, 15) is 28.0 Å². The van der Waals surface area contributed by atoms with Crippen molar-refractivity contribution in [2.45, 2.75) is 23.8 Å². The van der Waals surface area contributed by atoms with Gasteiger partial charge in [-0.15, -0.1) is 0 Å². The average Bonchev–Trinajstić information content (AvgIpc) is 2.38. The van der Waals surface area contributed by atoms with Crippen LogP contribution >= 0.6 is 0 Å². The predicted molar refractivity (Wildman–Crippen MR) is 67.1 cm³/mol. The Hall–Kier alpha value is -1.58. The first-order valence-electron chi connectivity index (χ1n) is 5.94. The molecule has 0 aromatic heterocycles. The summed E-state index contributed by atoms with van der Waals surface area (Å²) < 4.78 is 39.2. The number of hydrogen-bond acceptors (Lipinski definition) is 5. The summed E-state index contributed by atoms with van der Waals surface area (Å²) in [6, 6.07) is 2.36. The van der Waals surface area contributed by atoms with Gasteiger partial charge in [-0.25, -0.2) is 12.8 Å². The summed E-state index contributed by atoms with van der Waals surface area (Å²) in [6.45, 7) is 0.0198. The molecule has 0 aliphatic carbocycles. The van der Waals surface area contributed by atoms with Crippen LogP contribution in [0.4, 0.5) is 10.1 Å². The van der Waals surface area contributed by atoms with E-state index in [1.165, 1.54) is 0 Å². The van der Waals surface area contributed by atoms with E-state index in [1.54, 1.807) is 0 Å². The lowest BCUT2D eigenvalue weighted by atomic mass is 10.1. The molecule has 1 saturated heterocycles. The first-order valence-corrected chi connectivity index (χ1v) is 7.38. The van der Waals surface area contributed by atoms with Crippen molar-refractivity contribution in [1.29, 1.82) is 0 Å². The number of aliphatic hydroxyl groups excluding tert-OH is 1. The van der Waals surface area contributed by atoms with E-state index >= 15 is 0 Å². The Bertz CT molecular complexity index is 634. The van der Waals surface area contributed by atoms with Gasteiger partial charge >= 0.3 is 0 Å². The highest BCUT2D eigenvalue weighted by Crippen LogP contribution is 2.26. The second-order valence-electron chi connectivity index (χ2n) is 4.53. The third kappa shape index (κ3) is 2.79. The van der Waals surface area contributed by atoms with Crippen LogP contribution in [0.25, 0.3) is 0 Å². The molecule has 0 unspecified atom stereocenters. The summed E-state index contributed by atoms with van der Waals surface area (Å²) in [5.74, 6) is -1.05. The fourth-order valence-corrected chi connectivity index (χ4v) is 3.68. The molecule has 1 aromatic carbocycles. The van der Waals surface area contributed by atoms with Crippen LogP contribution in [-0.4, -0.2) is 41.9 Å². The molecular weight excluding hydrogens is 291 g/mol. The van der Waals surface area contributed by atoms with Crippen molar-refractivity contribution < 1.29 is 22.8 Å². The van der Waals surface area contributed by atoms with Gasteiger partial charge < -0.3 is 5.11 Å². The van der Waals surface area contributed by atoms with Gasteiger partial charge in [-0.05, 0) is 18.9 Å². The zero-order chi connectivity index (χ0) is 14.9. The number of nitrogens with zero attached hydrogens (tertiary/aromatic N) is 2. The minimum absolute atomic E-state index is 0.134. The molecule has 0 radical (unpaired) electrons. The molecule has 1 heterocycles. The monoisotopic (exact) mass is 304 g/mol. The minimum atomic E-state index is -4.19. The highest BCUT2D eigenvalue weighted by molar-refractivity contribution is 7.89. The van der Waals surface area contributed by atoms with Crippen LogP contribution < -0.4 is 0 Å². The van der Waals surface area contributed by atoms with Gasteiger partial charge in [-0.3, -0.25) is 10.1 Å². The molecule has 0 bridgehead atoms. The SMILES string of the molecule is O=[N+]([O-])c1ccc(F)c(S(=O)(=O)N2CCC[C@H](O)C2)c1. The van der Waals surface area contributed by atoms with Crippen LogP contribution in [0.5, 0.6) is 0 Å². The molecule has 0 spiro atoms. The Morgan fingerprint density at radius 2 is 2.15 bits per heavy atom. The Labute approximate surface area is 114 Å². The molecule has 7 nitrogen and oxygen atoms in total. The molecule has 0 saturated carbocycles. The van der Waals surface area contributed by atoms with Crippen LogP contribution in [0.2, 0.25) is 0 Å². The van der Waals surface area contributed by atoms with Crippen LogP contribution in [0.15, 0.2) is 23.1 Å². The number of sulfonamides is 1. The Kier molecular flexibility index (Phi) is 4.02. The molecule has 1 atom stereocenters. The van der Waals surface area contributed by atoms with Gasteiger partial charge in [0.05, 0.1) is 11.0 Å². The minimum Gasteiger partial charge on any atom is -0.392 e. The summed E-state index contributed by atoms with van der Waals surface area (Å²) in [7, 11) is -4.19. The summed E-state index contributed by atoms with van der Waals surface area (Å²) in [5.41, 5.74) is -0.498. The number of benzene rings is 1. The van der Waals surface area contributed by atoms with Crippen molar-refractivity contribution in [3.63, 3.8) is 0 Å². The van der Waals surface area contributed by atoms with Crippen LogP contribution in [0.3, 0.4) is 0 Å². The van der Waals surface area contributed by atoms with E-state index in [4.69, 9.17) is 0 Å². The van der Waals surface area contributed by atoms with E-state index in [2.05, 4.69) is 0 Å². The molecule has 1 aliphatic rings. The van der Waals surface area contributed by atoms with Gasteiger partial charge in [0.25, 0.3) is 5.69 Å². The number of halogens is 1. The molecular formula is C11H13FN2O5S. The molecule has 1 aromatic rings. The Morgan fingerprint density at radius 1 is 1.45 bits per heavy atom. The molecule has 2 rings (SSSR count). The number of β-amino-alcohol motifs (C(OH)–C–C–N with tert-alkyl or cyclic N) is 1. The molecule has 1 fully saturated rings. The highest BCUT2D eigenvalue weighted by Gasteiger charge is 2.32. The molecule has 110 valence electrons. The van der Waals surface area contributed by atoms with Crippen molar-refractivity contribution in [2.24, 2.45) is 0 Å². The number of nitro benzene ring substituents is 1. The molecule has 1 N–H and O–H groups in total. The van der Waals surface area contributed by atoms with Crippen LogP contribution in [0.1, 0.15) is 12.8 Å². The standard InChI is InChI=1S/C11H13FN2O5S/c12-10-4-3-8(14(16)17)6-11(10)20(18,19)13-5-1-2-9(15)7-13/h3-4,6,9,15H,1-2,5,7H2/t9-/m0/s1. The quantitative estimate of drug-likeness (QED) is 0.660. The lowest BCUT2D eigenvalue weighted by Gasteiger charge is -2.29. The summed E-state index contributed by atoms with van der Waals surface area (Å²) in [4.78, 5) is 9.13. The molecule has 9 heteroatoms. The van der Waals surface area contributed by atoms with Gasteiger partial charge in [0.2, 0.25) is 10.0 Å². The first-order chi connectivity index (χ1) is 9.32. The average molecular weight is 304 g/mol. The first kappa shape index (κ1) is 14.8. The zero-order valence-corrected chi connectivity index (χ0v) is 11.2. The van der Waals surface area contributed by atoms with E-state index < -0.39 is 37.5 Å². The van der Waals surface area contributed by atoms with Crippen molar-refractivity contribution >= 4 is 15.7 Å². The number of non-ortho nitro benzene ring substituents is 1. The van der Waals surface area contributed by atoms with Crippen molar-refractivity contribution in [2.75, 3.05) is 13.1 Å². The van der Waals surface area contributed by atoms with E-state index in [0.29, 0.717) is 18.9 Å². The molecule has 20 heavy (non-hydrogen) atoms. The maximum Gasteiger partial charge on any atom is 0.270 e. The smallest absolute Gasteiger partial charge is 0.270 e. The van der Waals surface area contributed by atoms with Gasteiger partial charge in [0.1, 0.15) is 10.7 Å². The van der Waals surface area contributed by atoms with Crippen molar-refractivity contribution in [1.82, 2.24) is 4.31 Å². The lowest BCUT2D eigenvalue weighted by Crippen LogP contribution is -2.42. The number of hydrogen-bond donors (Lipinski definition) is 1. The van der Waals surface area contributed by atoms with Crippen LogP contribution in [0, 0.1) is 15.9 Å². The summed E-state index contributed by atoms with van der Waals surface area (Å²) in [6.07, 6.45) is 0.126. The van der Waals surface area contributed by atoms with E-state index in [1.807, 2.05) is 0 Å². The molecule has 1 aliphatic heterocycles. The predicted octanol–water partition coefficient (Wildman–Crippen LogP) is 0.879. The van der Waals surface area contributed by atoms with E-state index in [0.717, 1.165) is 16.4 Å². The van der Waals surface area contributed by atoms with E-state index in [-0.39, 0.29) is 13.1 Å². The number of aliphatic hydroxyl groups is 1. The molecule has 0 amide bonds. The lowest BCUT2D eigenvalue weighted by molar-refractivity contribution is -0.385. The summed E-state index contributed by atoms with van der Waals surface area (Å²) in [5, 5.41) is 20.1. The van der Waals surface area contributed by atoms with Crippen LogP contribution in [-0.2, 0) is 10.0 Å². The van der Waals surface area contributed by atoms with Gasteiger partial charge in [0, 0.05) is 25.2 Å². The fourth-order valence-electron chi connectivity index (χ4n) is 2.08. The second-order valence-corrected chi connectivity index (χ2v) is 6.44. The maximum absolute atomic E-state index is 13.7. The number of rotatable bonds is 3. The normalized spacial score (nSPS) is 20.8. The highest BCUT2D eigenvalue weighted by atomic mass is 32.2. The summed E-state index contributed by atoms with van der Waals surface area (Å²) >= 11 is 0. The number of piperidine rings is 1. The Morgan fingerprint density at radius 3 is 2.75 bits per heavy atom. The second kappa shape index (κ2) is 5.43. The van der Waals surface area contributed by atoms with Crippen molar-refractivity contribution in [3.05, 3.63) is 34.1 Å².